The minimum absolute atomic E-state index is 0.147. The summed E-state index contributed by atoms with van der Waals surface area (Å²) in [7, 11) is 0. The highest BCUT2D eigenvalue weighted by Crippen LogP contribution is 2.43. The molecule has 2 aliphatic rings. The molecule has 4 heteroatoms. The van der Waals surface area contributed by atoms with Crippen molar-refractivity contribution in [1.82, 2.24) is 14.8 Å². The maximum atomic E-state index is 6.24. The number of aromatic nitrogens is 3. The van der Waals surface area contributed by atoms with Gasteiger partial charge in [-0.2, -0.15) is 0 Å². The van der Waals surface area contributed by atoms with Crippen LogP contribution in [0, 0.1) is 12.8 Å². The summed E-state index contributed by atoms with van der Waals surface area (Å²) in [4.78, 5) is 0. The van der Waals surface area contributed by atoms with E-state index in [1.165, 1.54) is 19.3 Å². The topological polar surface area (TPSA) is 56.7 Å². The molecule has 1 aliphatic heterocycles. The van der Waals surface area contributed by atoms with Crippen molar-refractivity contribution < 1.29 is 0 Å². The summed E-state index contributed by atoms with van der Waals surface area (Å²) >= 11 is 0. The summed E-state index contributed by atoms with van der Waals surface area (Å²) in [6, 6.07) is 0. The second kappa shape index (κ2) is 2.57. The summed E-state index contributed by atoms with van der Waals surface area (Å²) in [5, 5.41) is 8.27. The van der Waals surface area contributed by atoms with Crippen molar-refractivity contribution in [2.24, 2.45) is 11.7 Å². The van der Waals surface area contributed by atoms with E-state index in [0.717, 1.165) is 24.6 Å². The Kier molecular flexibility index (Phi) is 1.54. The van der Waals surface area contributed by atoms with Gasteiger partial charge in [-0.05, 0) is 32.1 Å². The van der Waals surface area contributed by atoms with Crippen molar-refractivity contribution >= 4 is 0 Å². The fourth-order valence-corrected chi connectivity index (χ4v) is 2.48. The Bertz CT molecular complexity index is 364. The molecule has 1 unspecified atom stereocenters. The van der Waals surface area contributed by atoms with E-state index in [4.69, 9.17) is 5.73 Å². The lowest BCUT2D eigenvalue weighted by atomic mass is 9.90. The van der Waals surface area contributed by atoms with Gasteiger partial charge in [0.1, 0.15) is 11.6 Å². The maximum absolute atomic E-state index is 6.24. The Labute approximate surface area is 83.5 Å². The monoisotopic (exact) mass is 192 g/mol. The maximum Gasteiger partial charge on any atom is 0.133 e. The van der Waals surface area contributed by atoms with Crippen LogP contribution in [0.1, 0.15) is 30.9 Å². The SMILES string of the molecule is Cc1nnc2n1CC(C1(N)CC1)CC2. The summed E-state index contributed by atoms with van der Waals surface area (Å²) in [6.07, 6.45) is 4.64. The molecule has 0 amide bonds. The number of hydrogen-bond acceptors (Lipinski definition) is 3. The van der Waals surface area contributed by atoms with Gasteiger partial charge >= 0.3 is 0 Å². The first-order valence-electron chi connectivity index (χ1n) is 5.37. The molecule has 1 aromatic heterocycles. The van der Waals surface area contributed by atoms with Gasteiger partial charge in [0.15, 0.2) is 0 Å². The number of nitrogens with zero attached hydrogens (tertiary/aromatic N) is 3. The quantitative estimate of drug-likeness (QED) is 0.710. The van der Waals surface area contributed by atoms with Crippen LogP contribution in [0.5, 0.6) is 0 Å². The van der Waals surface area contributed by atoms with E-state index in [9.17, 15) is 0 Å². The molecule has 1 aliphatic carbocycles. The summed E-state index contributed by atoms with van der Waals surface area (Å²) in [6.45, 7) is 3.06. The van der Waals surface area contributed by atoms with Crippen molar-refractivity contribution in [2.45, 2.75) is 44.7 Å². The number of nitrogens with two attached hydrogens (primary N) is 1. The van der Waals surface area contributed by atoms with Gasteiger partial charge in [-0.1, -0.05) is 0 Å². The normalized spacial score (nSPS) is 28.6. The van der Waals surface area contributed by atoms with Gasteiger partial charge in [0.05, 0.1) is 0 Å². The van der Waals surface area contributed by atoms with Crippen molar-refractivity contribution in [1.29, 1.82) is 0 Å². The predicted molar refractivity (Wildman–Crippen MR) is 52.7 cm³/mol. The lowest BCUT2D eigenvalue weighted by Crippen LogP contribution is -2.38. The fourth-order valence-electron chi connectivity index (χ4n) is 2.48. The molecule has 1 atom stereocenters. The predicted octanol–water partition coefficient (Wildman–Crippen LogP) is 0.640. The van der Waals surface area contributed by atoms with Crippen LogP contribution in [0.3, 0.4) is 0 Å². The first-order valence-corrected chi connectivity index (χ1v) is 5.37. The number of hydrogen-bond donors (Lipinski definition) is 1. The molecule has 76 valence electrons. The van der Waals surface area contributed by atoms with E-state index in [0.29, 0.717) is 5.92 Å². The average Bonchev–Trinajstić information content (AvgIpc) is 2.84. The van der Waals surface area contributed by atoms with Crippen LogP contribution in [0.2, 0.25) is 0 Å². The smallest absolute Gasteiger partial charge is 0.133 e. The van der Waals surface area contributed by atoms with Crippen molar-refractivity contribution in [2.75, 3.05) is 0 Å². The number of aryl methyl sites for hydroxylation is 2. The number of fused-ring (bicyclic) bond motifs is 1. The second-order valence-corrected chi connectivity index (χ2v) is 4.74. The van der Waals surface area contributed by atoms with Crippen LogP contribution < -0.4 is 5.73 Å². The van der Waals surface area contributed by atoms with Crippen LogP contribution in [-0.2, 0) is 13.0 Å². The van der Waals surface area contributed by atoms with Crippen LogP contribution in [0.4, 0.5) is 0 Å². The third-order valence-corrected chi connectivity index (χ3v) is 3.77. The highest BCUT2D eigenvalue weighted by molar-refractivity contribution is 5.08. The standard InChI is InChI=1S/C10H16N4/c1-7-12-13-9-3-2-8(6-14(7)9)10(11)4-5-10/h8H,2-6,11H2,1H3. The lowest BCUT2D eigenvalue weighted by Gasteiger charge is -2.28. The van der Waals surface area contributed by atoms with Gasteiger partial charge in [-0.15, -0.1) is 10.2 Å². The first kappa shape index (κ1) is 8.41. The molecule has 0 aromatic carbocycles. The Hall–Kier alpha value is -0.900. The third-order valence-electron chi connectivity index (χ3n) is 3.77. The molecule has 2 N–H and O–H groups in total. The molecule has 0 saturated heterocycles. The highest BCUT2D eigenvalue weighted by Gasteiger charge is 2.46. The van der Waals surface area contributed by atoms with Gasteiger partial charge in [0.2, 0.25) is 0 Å². The van der Waals surface area contributed by atoms with Gasteiger partial charge in [0.25, 0.3) is 0 Å². The van der Waals surface area contributed by atoms with E-state index in [1.807, 2.05) is 6.92 Å². The molecule has 0 spiro atoms. The van der Waals surface area contributed by atoms with Gasteiger partial charge in [-0.3, -0.25) is 0 Å². The van der Waals surface area contributed by atoms with Crippen LogP contribution in [-0.4, -0.2) is 20.3 Å². The minimum atomic E-state index is 0.147. The zero-order valence-electron chi connectivity index (χ0n) is 8.53. The van der Waals surface area contributed by atoms with Crippen molar-refractivity contribution in [3.05, 3.63) is 11.6 Å². The molecule has 3 rings (SSSR count). The average molecular weight is 192 g/mol. The molecule has 14 heavy (non-hydrogen) atoms. The molecule has 1 fully saturated rings. The molecule has 0 radical (unpaired) electrons. The summed E-state index contributed by atoms with van der Waals surface area (Å²) in [5.41, 5.74) is 6.39. The van der Waals surface area contributed by atoms with E-state index >= 15 is 0 Å². The Morgan fingerprint density at radius 2 is 2.21 bits per heavy atom. The van der Waals surface area contributed by atoms with E-state index < -0.39 is 0 Å². The van der Waals surface area contributed by atoms with Crippen molar-refractivity contribution in [3.63, 3.8) is 0 Å². The lowest BCUT2D eigenvalue weighted by molar-refractivity contribution is 0.292. The van der Waals surface area contributed by atoms with Crippen LogP contribution in [0.15, 0.2) is 0 Å². The fraction of sp³-hybridized carbons (Fsp3) is 0.800. The van der Waals surface area contributed by atoms with Crippen LogP contribution >= 0.6 is 0 Å². The number of rotatable bonds is 1. The Morgan fingerprint density at radius 3 is 2.93 bits per heavy atom. The minimum Gasteiger partial charge on any atom is -0.325 e. The zero-order valence-corrected chi connectivity index (χ0v) is 8.53. The van der Waals surface area contributed by atoms with E-state index in [2.05, 4.69) is 14.8 Å². The van der Waals surface area contributed by atoms with E-state index in [1.54, 1.807) is 0 Å². The molecule has 1 aromatic rings. The largest absolute Gasteiger partial charge is 0.325 e. The van der Waals surface area contributed by atoms with E-state index in [-0.39, 0.29) is 5.54 Å². The molecular formula is C10H16N4. The molecule has 1 saturated carbocycles. The van der Waals surface area contributed by atoms with Gasteiger partial charge < -0.3 is 10.3 Å². The molecular weight excluding hydrogens is 176 g/mol. The van der Waals surface area contributed by atoms with Crippen molar-refractivity contribution in [3.8, 4) is 0 Å². The first-order chi connectivity index (χ1) is 6.69. The molecule has 0 bridgehead atoms. The summed E-state index contributed by atoms with van der Waals surface area (Å²) in [5.74, 6) is 2.82. The Morgan fingerprint density at radius 1 is 1.43 bits per heavy atom. The molecule has 4 nitrogen and oxygen atoms in total. The van der Waals surface area contributed by atoms with Gasteiger partial charge in [-0.25, -0.2) is 0 Å². The van der Waals surface area contributed by atoms with Gasteiger partial charge in [0, 0.05) is 18.5 Å². The molecule has 2 heterocycles. The summed E-state index contributed by atoms with van der Waals surface area (Å²) < 4.78 is 2.24. The third kappa shape index (κ3) is 1.10. The zero-order chi connectivity index (χ0) is 9.76. The Balaban J connectivity index is 1.88. The van der Waals surface area contributed by atoms with Crippen LogP contribution in [0.25, 0.3) is 0 Å². The second-order valence-electron chi connectivity index (χ2n) is 4.74. The highest BCUT2D eigenvalue weighted by atomic mass is 15.3.